The number of nitrogens with one attached hydrogen (secondary N) is 1. The van der Waals surface area contributed by atoms with Gasteiger partial charge in [0.1, 0.15) is 12.1 Å². The third kappa shape index (κ3) is 3.96. The van der Waals surface area contributed by atoms with Gasteiger partial charge in [-0.2, -0.15) is 5.10 Å². The summed E-state index contributed by atoms with van der Waals surface area (Å²) in [7, 11) is 0. The van der Waals surface area contributed by atoms with Crippen LogP contribution in [0.4, 0.5) is 0 Å². The molecule has 1 N–H and O–H groups in total. The monoisotopic (exact) mass is 338 g/mol. The average molecular weight is 338 g/mol. The Balaban J connectivity index is 1.80. The second kappa shape index (κ2) is 7.34. The molecule has 1 aromatic carbocycles. The third-order valence-corrected chi connectivity index (χ3v) is 4.03. The van der Waals surface area contributed by atoms with Crippen LogP contribution >= 0.6 is 0 Å². The van der Waals surface area contributed by atoms with Crippen molar-refractivity contribution < 1.29 is 4.79 Å². The quantitative estimate of drug-likeness (QED) is 0.750. The highest BCUT2D eigenvalue weighted by Crippen LogP contribution is 2.17. The molecular weight excluding hydrogens is 316 g/mol. The highest BCUT2D eigenvalue weighted by molar-refractivity contribution is 5.75. The smallest absolute Gasteiger partial charge is 0.277 e. The predicted octanol–water partition coefficient (Wildman–Crippen LogP) is 2.33. The lowest BCUT2D eigenvalue weighted by Crippen LogP contribution is -2.33. The minimum absolute atomic E-state index is 0.0132. The van der Waals surface area contributed by atoms with E-state index in [9.17, 15) is 9.59 Å². The topological polar surface area (TPSA) is 68.4 Å². The van der Waals surface area contributed by atoms with E-state index in [4.69, 9.17) is 0 Å². The second-order valence-corrected chi connectivity index (χ2v) is 6.49. The molecule has 0 radical (unpaired) electrons. The van der Waals surface area contributed by atoms with Crippen LogP contribution in [-0.4, -0.2) is 26.6 Å². The molecule has 130 valence electrons. The fourth-order valence-electron chi connectivity index (χ4n) is 2.61. The van der Waals surface area contributed by atoms with Crippen LogP contribution in [-0.2, 0) is 11.3 Å². The molecular formula is C19H22N4O2. The van der Waals surface area contributed by atoms with Crippen molar-refractivity contribution in [2.75, 3.05) is 6.54 Å². The number of hydrogen-bond donors (Lipinski definition) is 1. The van der Waals surface area contributed by atoms with Gasteiger partial charge in [-0.25, -0.2) is 4.52 Å². The number of carbonyl (C=O) groups is 1. The van der Waals surface area contributed by atoms with Crippen LogP contribution < -0.4 is 10.9 Å². The van der Waals surface area contributed by atoms with Gasteiger partial charge in [0.05, 0.1) is 5.69 Å². The molecule has 3 aromatic rings. The average Bonchev–Trinajstić information content (AvgIpc) is 3.03. The molecule has 0 unspecified atom stereocenters. The summed E-state index contributed by atoms with van der Waals surface area (Å²) in [6, 6.07) is 11.4. The van der Waals surface area contributed by atoms with Gasteiger partial charge in [-0.05, 0) is 18.4 Å². The van der Waals surface area contributed by atoms with Crippen LogP contribution in [0.1, 0.15) is 20.3 Å². The molecule has 1 amide bonds. The van der Waals surface area contributed by atoms with Crippen molar-refractivity contribution in [2.45, 2.75) is 26.8 Å². The van der Waals surface area contributed by atoms with Gasteiger partial charge in [-0.1, -0.05) is 44.2 Å². The highest BCUT2D eigenvalue weighted by Gasteiger charge is 2.11. The molecule has 0 spiro atoms. The molecule has 2 aromatic heterocycles. The Morgan fingerprint density at radius 1 is 1.20 bits per heavy atom. The van der Waals surface area contributed by atoms with Crippen LogP contribution in [0.15, 0.2) is 53.6 Å². The normalized spacial score (nSPS) is 11.2. The number of benzene rings is 1. The maximum Gasteiger partial charge on any atom is 0.277 e. The van der Waals surface area contributed by atoms with E-state index in [0.717, 1.165) is 17.7 Å². The zero-order chi connectivity index (χ0) is 17.8. The summed E-state index contributed by atoms with van der Waals surface area (Å²) in [5.41, 5.74) is 1.91. The SMILES string of the molecule is CC(C)CCNC(=O)Cn1ccn2nc(-c3ccccc3)cc2c1=O. The van der Waals surface area contributed by atoms with Crippen LogP contribution in [0.5, 0.6) is 0 Å². The molecule has 3 rings (SSSR count). The maximum atomic E-state index is 12.6. The summed E-state index contributed by atoms with van der Waals surface area (Å²) in [5, 5.41) is 7.28. The summed E-state index contributed by atoms with van der Waals surface area (Å²) in [6.45, 7) is 4.85. The highest BCUT2D eigenvalue weighted by atomic mass is 16.2. The van der Waals surface area contributed by atoms with Crippen molar-refractivity contribution in [3.05, 3.63) is 59.1 Å². The van der Waals surface area contributed by atoms with Gasteiger partial charge in [0, 0.05) is 24.5 Å². The zero-order valence-corrected chi connectivity index (χ0v) is 14.5. The molecule has 0 aliphatic heterocycles. The summed E-state index contributed by atoms with van der Waals surface area (Å²) >= 11 is 0. The van der Waals surface area contributed by atoms with E-state index in [1.807, 2.05) is 30.3 Å². The molecule has 6 nitrogen and oxygen atoms in total. The largest absolute Gasteiger partial charge is 0.355 e. The van der Waals surface area contributed by atoms with E-state index >= 15 is 0 Å². The first-order valence-corrected chi connectivity index (χ1v) is 8.45. The minimum atomic E-state index is -0.226. The van der Waals surface area contributed by atoms with Crippen molar-refractivity contribution in [3.8, 4) is 11.3 Å². The van der Waals surface area contributed by atoms with Crippen LogP contribution in [0.2, 0.25) is 0 Å². The van der Waals surface area contributed by atoms with Crippen LogP contribution in [0, 0.1) is 5.92 Å². The Bertz CT molecular complexity index is 925. The molecule has 0 saturated carbocycles. The molecule has 0 fully saturated rings. The van der Waals surface area contributed by atoms with Gasteiger partial charge in [0.25, 0.3) is 5.56 Å². The number of nitrogens with zero attached hydrogens (tertiary/aromatic N) is 3. The lowest BCUT2D eigenvalue weighted by Gasteiger charge is -2.08. The van der Waals surface area contributed by atoms with E-state index in [1.165, 1.54) is 4.57 Å². The Hall–Kier alpha value is -2.89. The van der Waals surface area contributed by atoms with Gasteiger partial charge < -0.3 is 9.88 Å². The van der Waals surface area contributed by atoms with E-state index in [2.05, 4.69) is 24.3 Å². The molecule has 0 atom stereocenters. The molecule has 0 aliphatic carbocycles. The molecule has 0 saturated heterocycles. The number of amides is 1. The summed E-state index contributed by atoms with van der Waals surface area (Å²) in [6.07, 6.45) is 4.21. The third-order valence-electron chi connectivity index (χ3n) is 4.03. The Labute approximate surface area is 146 Å². The van der Waals surface area contributed by atoms with Crippen LogP contribution in [0.3, 0.4) is 0 Å². The van der Waals surface area contributed by atoms with Crippen molar-refractivity contribution in [1.29, 1.82) is 0 Å². The fraction of sp³-hybridized carbons (Fsp3) is 0.316. The fourth-order valence-corrected chi connectivity index (χ4v) is 2.61. The van der Waals surface area contributed by atoms with Crippen molar-refractivity contribution in [2.24, 2.45) is 5.92 Å². The van der Waals surface area contributed by atoms with Gasteiger partial charge in [0.15, 0.2) is 0 Å². The van der Waals surface area contributed by atoms with Gasteiger partial charge in [-0.3, -0.25) is 9.59 Å². The number of rotatable bonds is 6. The van der Waals surface area contributed by atoms with Crippen molar-refractivity contribution in [1.82, 2.24) is 19.5 Å². The van der Waals surface area contributed by atoms with E-state index < -0.39 is 0 Å². The first kappa shape index (κ1) is 17.0. The van der Waals surface area contributed by atoms with Gasteiger partial charge in [-0.15, -0.1) is 0 Å². The summed E-state index contributed by atoms with van der Waals surface area (Å²) in [5.74, 6) is 0.373. The number of hydrogen-bond acceptors (Lipinski definition) is 3. The molecule has 2 heterocycles. The minimum Gasteiger partial charge on any atom is -0.355 e. The molecule has 25 heavy (non-hydrogen) atoms. The lowest BCUT2D eigenvalue weighted by atomic mass is 10.1. The van der Waals surface area contributed by atoms with E-state index in [0.29, 0.717) is 18.0 Å². The predicted molar refractivity (Wildman–Crippen MR) is 97.4 cm³/mol. The van der Waals surface area contributed by atoms with Crippen molar-refractivity contribution in [3.63, 3.8) is 0 Å². The van der Waals surface area contributed by atoms with Gasteiger partial charge >= 0.3 is 0 Å². The van der Waals surface area contributed by atoms with Crippen molar-refractivity contribution >= 4 is 11.4 Å². The molecule has 0 bridgehead atoms. The summed E-state index contributed by atoms with van der Waals surface area (Å²) < 4.78 is 2.97. The lowest BCUT2D eigenvalue weighted by molar-refractivity contribution is -0.121. The Morgan fingerprint density at radius 3 is 2.68 bits per heavy atom. The first-order valence-electron chi connectivity index (χ1n) is 8.45. The Kier molecular flexibility index (Phi) is 4.97. The molecule has 6 heteroatoms. The second-order valence-electron chi connectivity index (χ2n) is 6.49. The summed E-state index contributed by atoms with van der Waals surface area (Å²) in [4.78, 5) is 24.6. The zero-order valence-electron chi connectivity index (χ0n) is 14.5. The van der Waals surface area contributed by atoms with E-state index in [-0.39, 0.29) is 18.0 Å². The maximum absolute atomic E-state index is 12.6. The number of fused-ring (bicyclic) bond motifs is 1. The Morgan fingerprint density at radius 2 is 1.96 bits per heavy atom. The standard InChI is InChI=1S/C19H22N4O2/c1-14(2)8-9-20-18(24)13-22-10-11-23-17(19(22)25)12-16(21-23)15-6-4-3-5-7-15/h3-7,10-12,14H,8-9,13H2,1-2H3,(H,20,24). The van der Waals surface area contributed by atoms with Gasteiger partial charge in [0.2, 0.25) is 5.91 Å². The van der Waals surface area contributed by atoms with Crippen LogP contribution in [0.25, 0.3) is 16.8 Å². The van der Waals surface area contributed by atoms with E-state index in [1.54, 1.807) is 23.0 Å². The first-order chi connectivity index (χ1) is 12.0. The number of aromatic nitrogens is 3. The molecule has 0 aliphatic rings. The number of carbonyl (C=O) groups excluding carboxylic acids is 1.